The highest BCUT2D eigenvalue weighted by molar-refractivity contribution is 5.95. The van der Waals surface area contributed by atoms with E-state index in [2.05, 4.69) is 21.2 Å². The first-order valence-electron chi connectivity index (χ1n) is 11.1. The number of benzene rings is 2. The summed E-state index contributed by atoms with van der Waals surface area (Å²) < 4.78 is 21.3. The molecule has 0 unspecified atom stereocenters. The van der Waals surface area contributed by atoms with Crippen molar-refractivity contribution < 1.29 is 33.3 Å². The van der Waals surface area contributed by atoms with Gasteiger partial charge >= 0.3 is 12.0 Å². The largest absolute Gasteiger partial charge is 0.497 e. The Morgan fingerprint density at radius 3 is 2.64 bits per heavy atom. The first-order chi connectivity index (χ1) is 17.4. The number of hydrogen-bond acceptors (Lipinski definition) is 8. The van der Waals surface area contributed by atoms with E-state index in [0.717, 1.165) is 5.56 Å². The van der Waals surface area contributed by atoms with Gasteiger partial charge in [0.05, 0.1) is 38.7 Å². The number of nitrogens with one attached hydrogen (secondary N) is 3. The van der Waals surface area contributed by atoms with Gasteiger partial charge in [0.15, 0.2) is 18.1 Å². The van der Waals surface area contributed by atoms with Gasteiger partial charge in [-0.1, -0.05) is 18.2 Å². The van der Waals surface area contributed by atoms with Crippen molar-refractivity contribution in [2.24, 2.45) is 5.10 Å². The van der Waals surface area contributed by atoms with Crippen LogP contribution in [0.2, 0.25) is 0 Å². The third-order valence-electron chi connectivity index (χ3n) is 5.14. The van der Waals surface area contributed by atoms with Crippen molar-refractivity contribution >= 4 is 24.1 Å². The molecule has 3 N–H and O–H groups in total. The van der Waals surface area contributed by atoms with Crippen molar-refractivity contribution in [3.63, 3.8) is 0 Å². The Bertz CT molecular complexity index is 1190. The standard InChI is InChI=1S/C25H28N4O7/c1-5-35-24(31)22-15(2)27-25(32)28-23(22)17-9-10-19(20(12-17)34-4)36-14-21(30)29-26-13-16-7-6-8-18(11-16)33-3/h6-13,23H,5,14H2,1-4H3,(H,29,30)(H2,27,28,32)/b26-13-/t23-/m0/s1. The lowest BCUT2D eigenvalue weighted by molar-refractivity contribution is -0.139. The smallest absolute Gasteiger partial charge is 0.338 e. The summed E-state index contributed by atoms with van der Waals surface area (Å²) in [6.45, 7) is 3.20. The maximum atomic E-state index is 12.5. The molecule has 0 saturated carbocycles. The summed E-state index contributed by atoms with van der Waals surface area (Å²) in [7, 11) is 3.01. The van der Waals surface area contributed by atoms with E-state index < -0.39 is 23.9 Å². The minimum Gasteiger partial charge on any atom is -0.497 e. The van der Waals surface area contributed by atoms with Crippen molar-refractivity contribution in [3.8, 4) is 17.2 Å². The van der Waals surface area contributed by atoms with E-state index in [-0.39, 0.29) is 18.8 Å². The van der Waals surface area contributed by atoms with Crippen LogP contribution in [0.5, 0.6) is 17.2 Å². The molecule has 1 aliphatic heterocycles. The van der Waals surface area contributed by atoms with Crippen LogP contribution < -0.4 is 30.3 Å². The second kappa shape index (κ2) is 12.2. The van der Waals surface area contributed by atoms with E-state index in [4.69, 9.17) is 18.9 Å². The number of allylic oxidation sites excluding steroid dienone is 1. The highest BCUT2D eigenvalue weighted by Crippen LogP contribution is 2.34. The molecule has 36 heavy (non-hydrogen) atoms. The molecule has 1 heterocycles. The van der Waals surface area contributed by atoms with E-state index in [0.29, 0.717) is 28.5 Å². The molecular weight excluding hydrogens is 468 g/mol. The number of amides is 3. The molecular formula is C25H28N4O7. The number of carbonyl (C=O) groups is 3. The van der Waals surface area contributed by atoms with Gasteiger partial charge in [-0.2, -0.15) is 5.10 Å². The molecule has 2 aromatic rings. The molecule has 11 heteroatoms. The number of rotatable bonds is 10. The normalized spacial score (nSPS) is 15.1. The summed E-state index contributed by atoms with van der Waals surface area (Å²) in [5.74, 6) is 0.265. The summed E-state index contributed by atoms with van der Waals surface area (Å²) in [6.07, 6.45) is 1.49. The Morgan fingerprint density at radius 1 is 1.11 bits per heavy atom. The topological polar surface area (TPSA) is 137 Å². The predicted molar refractivity (Wildman–Crippen MR) is 131 cm³/mol. The molecule has 2 aromatic carbocycles. The molecule has 0 aliphatic carbocycles. The zero-order valence-electron chi connectivity index (χ0n) is 20.4. The lowest BCUT2D eigenvalue weighted by Crippen LogP contribution is -2.45. The summed E-state index contributed by atoms with van der Waals surface area (Å²) in [6, 6.07) is 10.9. The number of ether oxygens (including phenoxy) is 4. The first-order valence-corrected chi connectivity index (χ1v) is 11.1. The van der Waals surface area contributed by atoms with Crippen LogP contribution in [0.15, 0.2) is 58.8 Å². The number of hydrogen-bond donors (Lipinski definition) is 3. The molecule has 0 saturated heterocycles. The summed E-state index contributed by atoms with van der Waals surface area (Å²) in [4.78, 5) is 36.7. The molecule has 3 rings (SSSR count). The average molecular weight is 497 g/mol. The van der Waals surface area contributed by atoms with Gasteiger partial charge in [-0.05, 0) is 49.2 Å². The average Bonchev–Trinajstić information content (AvgIpc) is 2.87. The fourth-order valence-electron chi connectivity index (χ4n) is 3.48. The van der Waals surface area contributed by atoms with Crippen molar-refractivity contribution in [1.29, 1.82) is 0 Å². The highest BCUT2D eigenvalue weighted by atomic mass is 16.5. The number of urea groups is 1. The molecule has 11 nitrogen and oxygen atoms in total. The van der Waals surface area contributed by atoms with Crippen LogP contribution >= 0.6 is 0 Å². The van der Waals surface area contributed by atoms with Gasteiger partial charge in [0.25, 0.3) is 5.91 Å². The van der Waals surface area contributed by atoms with Crippen LogP contribution in [0.4, 0.5) is 4.79 Å². The number of hydrazone groups is 1. The number of nitrogens with zero attached hydrogens (tertiary/aromatic N) is 1. The third-order valence-corrected chi connectivity index (χ3v) is 5.14. The summed E-state index contributed by atoms with van der Waals surface area (Å²) >= 11 is 0. The van der Waals surface area contributed by atoms with Gasteiger partial charge in [-0.25, -0.2) is 15.0 Å². The second-order valence-corrected chi connectivity index (χ2v) is 7.56. The second-order valence-electron chi connectivity index (χ2n) is 7.56. The fraction of sp³-hybridized carbons (Fsp3) is 0.280. The lowest BCUT2D eigenvalue weighted by atomic mass is 9.95. The van der Waals surface area contributed by atoms with Gasteiger partial charge in [0.2, 0.25) is 0 Å². The molecule has 1 aliphatic rings. The Kier molecular flexibility index (Phi) is 8.87. The monoisotopic (exact) mass is 496 g/mol. The first kappa shape index (κ1) is 26.1. The van der Waals surface area contributed by atoms with Gasteiger partial charge in [-0.3, -0.25) is 4.79 Å². The Balaban J connectivity index is 1.68. The van der Waals surface area contributed by atoms with Crippen molar-refractivity contribution in [2.75, 3.05) is 27.4 Å². The van der Waals surface area contributed by atoms with Crippen LogP contribution in [-0.4, -0.2) is 51.6 Å². The Morgan fingerprint density at radius 2 is 1.92 bits per heavy atom. The minimum atomic E-state index is -0.755. The van der Waals surface area contributed by atoms with Crippen LogP contribution in [0, 0.1) is 0 Å². The van der Waals surface area contributed by atoms with Crippen LogP contribution in [0.1, 0.15) is 31.0 Å². The zero-order chi connectivity index (χ0) is 26.1. The maximum absolute atomic E-state index is 12.5. The Labute approximate surface area is 208 Å². The minimum absolute atomic E-state index is 0.192. The van der Waals surface area contributed by atoms with Gasteiger partial charge in [-0.15, -0.1) is 0 Å². The van der Waals surface area contributed by atoms with Crippen molar-refractivity contribution in [1.82, 2.24) is 16.1 Å². The van der Waals surface area contributed by atoms with E-state index in [1.165, 1.54) is 13.3 Å². The SMILES string of the molecule is CCOC(=O)C1=C(C)NC(=O)N[C@H]1c1ccc(OCC(=O)N/N=C\c2cccc(OC)c2)c(OC)c1. The molecule has 0 spiro atoms. The van der Waals surface area contributed by atoms with Gasteiger partial charge in [0, 0.05) is 5.70 Å². The van der Waals surface area contributed by atoms with E-state index >= 15 is 0 Å². The van der Waals surface area contributed by atoms with Crippen LogP contribution in [-0.2, 0) is 14.3 Å². The molecule has 0 aromatic heterocycles. The van der Waals surface area contributed by atoms with Crippen LogP contribution in [0.3, 0.4) is 0 Å². The molecule has 190 valence electrons. The highest BCUT2D eigenvalue weighted by Gasteiger charge is 2.32. The number of carbonyl (C=O) groups excluding carboxylic acids is 3. The van der Waals surface area contributed by atoms with E-state index in [1.54, 1.807) is 51.3 Å². The van der Waals surface area contributed by atoms with E-state index in [1.807, 2.05) is 12.1 Å². The lowest BCUT2D eigenvalue weighted by Gasteiger charge is -2.28. The fourth-order valence-corrected chi connectivity index (χ4v) is 3.48. The summed E-state index contributed by atoms with van der Waals surface area (Å²) in [5.41, 5.74) is 4.39. The molecule has 0 radical (unpaired) electrons. The van der Waals surface area contributed by atoms with Crippen molar-refractivity contribution in [2.45, 2.75) is 19.9 Å². The molecule has 0 fully saturated rings. The quantitative estimate of drug-likeness (QED) is 0.261. The van der Waals surface area contributed by atoms with Gasteiger partial charge < -0.3 is 29.6 Å². The summed E-state index contributed by atoms with van der Waals surface area (Å²) in [5, 5.41) is 9.22. The van der Waals surface area contributed by atoms with E-state index in [9.17, 15) is 14.4 Å². The van der Waals surface area contributed by atoms with Gasteiger partial charge in [0.1, 0.15) is 5.75 Å². The van der Waals surface area contributed by atoms with Crippen molar-refractivity contribution in [3.05, 3.63) is 64.9 Å². The third kappa shape index (κ3) is 6.53. The zero-order valence-corrected chi connectivity index (χ0v) is 20.4. The molecule has 3 amide bonds. The predicted octanol–water partition coefficient (Wildman–Crippen LogP) is 2.42. The Hall–Kier alpha value is -4.54. The molecule has 1 atom stereocenters. The van der Waals surface area contributed by atoms with Crippen LogP contribution in [0.25, 0.3) is 0 Å². The molecule has 0 bridgehead atoms. The number of esters is 1. The maximum Gasteiger partial charge on any atom is 0.338 e. The number of methoxy groups -OCH3 is 2.